The zero-order valence-corrected chi connectivity index (χ0v) is 15.8. The lowest BCUT2D eigenvalue weighted by atomic mass is 10.1. The minimum absolute atomic E-state index is 0.393. The number of ether oxygens (including phenoxy) is 2. The van der Waals surface area contributed by atoms with Gasteiger partial charge in [-0.05, 0) is 12.1 Å². The Morgan fingerprint density at radius 1 is 0.815 bits per heavy atom. The van der Waals surface area contributed by atoms with Gasteiger partial charge in [-0.25, -0.2) is 0 Å². The molecule has 0 fully saturated rings. The van der Waals surface area contributed by atoms with Gasteiger partial charge in [0, 0.05) is 25.0 Å². The molecule has 0 heterocycles. The second kappa shape index (κ2) is 9.52. The van der Waals surface area contributed by atoms with Crippen LogP contribution in [0.3, 0.4) is 0 Å². The van der Waals surface area contributed by atoms with Crippen molar-refractivity contribution in [1.29, 1.82) is 0 Å². The minimum Gasteiger partial charge on any atom is -0.426 e. The largest absolute Gasteiger partial charge is 0.426 e. The molecule has 0 spiro atoms. The van der Waals surface area contributed by atoms with Crippen LogP contribution in [0.2, 0.25) is 0 Å². The van der Waals surface area contributed by atoms with Crippen molar-refractivity contribution in [2.75, 3.05) is 0 Å². The summed E-state index contributed by atoms with van der Waals surface area (Å²) >= 11 is 1.32. The minimum atomic E-state index is -0.466. The van der Waals surface area contributed by atoms with Gasteiger partial charge in [0.05, 0.1) is 10.5 Å². The zero-order valence-electron chi connectivity index (χ0n) is 15.0. The van der Waals surface area contributed by atoms with Crippen LogP contribution < -0.4 is 9.47 Å². The van der Waals surface area contributed by atoms with Crippen molar-refractivity contribution in [3.05, 3.63) is 59.7 Å². The molecule has 0 bridgehead atoms. The number of carbonyl (C=O) groups excluding carboxylic acids is 2. The van der Waals surface area contributed by atoms with Crippen molar-refractivity contribution in [2.45, 2.75) is 24.3 Å². The maximum absolute atomic E-state index is 11.4. The van der Waals surface area contributed by atoms with Crippen LogP contribution in [-0.2, 0) is 9.59 Å². The van der Waals surface area contributed by atoms with Gasteiger partial charge in [0.15, 0.2) is 0 Å². The van der Waals surface area contributed by atoms with Crippen molar-refractivity contribution in [3.63, 3.8) is 0 Å². The van der Waals surface area contributed by atoms with E-state index in [0.717, 1.165) is 0 Å². The van der Waals surface area contributed by atoms with Crippen molar-refractivity contribution >= 4 is 23.7 Å². The molecule has 136 valence electrons. The summed E-state index contributed by atoms with van der Waals surface area (Å²) in [7, 11) is 0. The molecular formula is C22H18O4S. The van der Waals surface area contributed by atoms with Gasteiger partial charge < -0.3 is 9.47 Å². The molecule has 0 amide bonds. The van der Waals surface area contributed by atoms with E-state index in [0.29, 0.717) is 22.6 Å². The molecule has 2 unspecified atom stereocenters. The Kier molecular flexibility index (Phi) is 7.11. The van der Waals surface area contributed by atoms with Crippen LogP contribution in [0.5, 0.6) is 11.5 Å². The monoisotopic (exact) mass is 378 g/mol. The molecule has 0 aliphatic carbocycles. The van der Waals surface area contributed by atoms with E-state index >= 15 is 0 Å². The number of terminal acetylenes is 2. The highest BCUT2D eigenvalue weighted by Crippen LogP contribution is 2.44. The Bertz CT molecular complexity index is 845. The number of carbonyl (C=O) groups is 2. The lowest BCUT2D eigenvalue weighted by Gasteiger charge is -2.20. The van der Waals surface area contributed by atoms with Crippen LogP contribution in [0.15, 0.2) is 48.5 Å². The molecule has 0 saturated heterocycles. The third kappa shape index (κ3) is 5.41. The summed E-state index contributed by atoms with van der Waals surface area (Å²) in [5.74, 6) is 5.31. The highest BCUT2D eigenvalue weighted by molar-refractivity contribution is 8.00. The van der Waals surface area contributed by atoms with Crippen LogP contribution in [0, 0.1) is 24.7 Å². The summed E-state index contributed by atoms with van der Waals surface area (Å²) in [6.07, 6.45) is 11.5. The first-order valence-corrected chi connectivity index (χ1v) is 9.03. The average molecular weight is 378 g/mol. The van der Waals surface area contributed by atoms with E-state index < -0.39 is 22.4 Å². The second-order valence-corrected chi connectivity index (χ2v) is 6.71. The third-order valence-corrected chi connectivity index (χ3v) is 4.81. The number of rotatable bonds is 6. The maximum Gasteiger partial charge on any atom is 0.308 e. The number of benzene rings is 2. The van der Waals surface area contributed by atoms with Crippen LogP contribution in [0.1, 0.15) is 35.5 Å². The standard InChI is InChI=1S/C22H18O4S/c1-5-21(17-11-7-9-13-19(17)25-15(3)23)27-22(6-2)18-12-8-10-14-20(18)26-16(4)24/h1-2,7-14,21-22H,3-4H3. The first-order chi connectivity index (χ1) is 13.0. The van der Waals surface area contributed by atoms with Gasteiger partial charge in [0.25, 0.3) is 0 Å². The van der Waals surface area contributed by atoms with Crippen molar-refractivity contribution in [2.24, 2.45) is 0 Å². The molecule has 0 aromatic heterocycles. The predicted octanol–water partition coefficient (Wildman–Crippen LogP) is 4.32. The van der Waals surface area contributed by atoms with E-state index in [1.165, 1.54) is 25.6 Å². The van der Waals surface area contributed by atoms with Gasteiger partial charge in [-0.15, -0.1) is 24.6 Å². The Labute approximate surface area is 163 Å². The molecule has 0 aliphatic heterocycles. The first-order valence-electron chi connectivity index (χ1n) is 8.08. The highest BCUT2D eigenvalue weighted by atomic mass is 32.2. The van der Waals surface area contributed by atoms with Gasteiger partial charge in [0.1, 0.15) is 11.5 Å². The lowest BCUT2D eigenvalue weighted by molar-refractivity contribution is -0.132. The van der Waals surface area contributed by atoms with Gasteiger partial charge >= 0.3 is 11.9 Å². The van der Waals surface area contributed by atoms with E-state index in [4.69, 9.17) is 22.3 Å². The summed E-state index contributed by atoms with van der Waals surface area (Å²) in [5, 5.41) is -0.932. The molecule has 0 aliphatic rings. The Balaban J connectivity index is 2.36. The Morgan fingerprint density at radius 3 is 1.52 bits per heavy atom. The van der Waals surface area contributed by atoms with Crippen LogP contribution in [0.4, 0.5) is 0 Å². The quantitative estimate of drug-likeness (QED) is 0.426. The van der Waals surface area contributed by atoms with E-state index in [1.54, 1.807) is 36.4 Å². The molecule has 2 aromatic carbocycles. The Morgan fingerprint density at radius 2 is 1.19 bits per heavy atom. The van der Waals surface area contributed by atoms with Crippen LogP contribution in [0.25, 0.3) is 0 Å². The highest BCUT2D eigenvalue weighted by Gasteiger charge is 2.23. The molecule has 5 heteroatoms. The SMILES string of the molecule is C#CC(SC(C#C)c1ccccc1OC(C)=O)c1ccccc1OC(C)=O. The molecule has 0 N–H and O–H groups in total. The van der Waals surface area contributed by atoms with E-state index in [1.807, 2.05) is 12.1 Å². The zero-order chi connectivity index (χ0) is 19.8. The summed E-state index contributed by atoms with van der Waals surface area (Å²) in [6, 6.07) is 14.1. The van der Waals surface area contributed by atoms with E-state index in [9.17, 15) is 9.59 Å². The van der Waals surface area contributed by atoms with Gasteiger partial charge in [0.2, 0.25) is 0 Å². The average Bonchev–Trinajstić information content (AvgIpc) is 2.63. The summed E-state index contributed by atoms with van der Waals surface area (Å²) < 4.78 is 10.5. The fourth-order valence-electron chi connectivity index (χ4n) is 2.43. The maximum atomic E-state index is 11.4. The molecule has 2 atom stereocenters. The second-order valence-electron chi connectivity index (χ2n) is 5.49. The normalized spacial score (nSPS) is 12.1. The van der Waals surface area contributed by atoms with E-state index in [2.05, 4.69) is 11.8 Å². The fraction of sp³-hybridized carbons (Fsp3) is 0.182. The van der Waals surface area contributed by atoms with E-state index in [-0.39, 0.29) is 0 Å². The van der Waals surface area contributed by atoms with Crippen molar-refractivity contribution in [3.8, 4) is 36.2 Å². The summed E-state index contributed by atoms with van der Waals surface area (Å²) in [4.78, 5) is 22.7. The van der Waals surface area contributed by atoms with Crippen LogP contribution >= 0.6 is 11.8 Å². The lowest BCUT2D eigenvalue weighted by Crippen LogP contribution is -2.07. The fourth-order valence-corrected chi connectivity index (χ4v) is 3.54. The molecule has 0 saturated carbocycles. The predicted molar refractivity (Wildman–Crippen MR) is 106 cm³/mol. The van der Waals surface area contributed by atoms with Crippen molar-refractivity contribution in [1.82, 2.24) is 0 Å². The molecule has 0 radical (unpaired) electrons. The van der Waals surface area contributed by atoms with Crippen LogP contribution in [-0.4, -0.2) is 11.9 Å². The summed E-state index contributed by atoms with van der Waals surface area (Å²) in [6.45, 7) is 2.66. The number of thioether (sulfide) groups is 1. The topological polar surface area (TPSA) is 52.6 Å². The molecule has 2 rings (SSSR count). The molecule has 27 heavy (non-hydrogen) atoms. The number of para-hydroxylation sites is 2. The Hall–Kier alpha value is -3.15. The number of hydrogen-bond acceptors (Lipinski definition) is 5. The number of hydrogen-bond donors (Lipinski definition) is 0. The van der Waals surface area contributed by atoms with Gasteiger partial charge in [-0.1, -0.05) is 48.2 Å². The third-order valence-electron chi connectivity index (χ3n) is 3.49. The molecular weight excluding hydrogens is 360 g/mol. The van der Waals surface area contributed by atoms with Gasteiger partial charge in [-0.3, -0.25) is 9.59 Å². The summed E-state index contributed by atoms with van der Waals surface area (Å²) in [5.41, 5.74) is 1.34. The molecule has 4 nitrogen and oxygen atoms in total. The van der Waals surface area contributed by atoms with Crippen molar-refractivity contribution < 1.29 is 19.1 Å². The smallest absolute Gasteiger partial charge is 0.308 e. The van der Waals surface area contributed by atoms with Gasteiger partial charge in [-0.2, -0.15) is 0 Å². The molecule has 2 aromatic rings. The number of esters is 2. The first kappa shape index (κ1) is 20.2.